The SMILES string of the molecule is CCN(CCn1cccn1)C(=O)c1[nH]nc(N)c1Cl. The summed E-state index contributed by atoms with van der Waals surface area (Å²) in [6.07, 6.45) is 3.55. The van der Waals surface area contributed by atoms with Gasteiger partial charge in [-0.1, -0.05) is 11.6 Å². The van der Waals surface area contributed by atoms with Crippen molar-refractivity contribution in [2.75, 3.05) is 18.8 Å². The topological polar surface area (TPSA) is 92.8 Å². The second kappa shape index (κ2) is 5.75. The summed E-state index contributed by atoms with van der Waals surface area (Å²) in [6.45, 7) is 3.62. The Bertz CT molecular complexity index is 550. The lowest BCUT2D eigenvalue weighted by Gasteiger charge is -2.20. The van der Waals surface area contributed by atoms with Gasteiger partial charge in [-0.15, -0.1) is 0 Å². The highest BCUT2D eigenvalue weighted by Crippen LogP contribution is 2.21. The molecule has 7 nitrogen and oxygen atoms in total. The second-order valence-electron chi connectivity index (χ2n) is 3.95. The molecule has 1 amide bonds. The van der Waals surface area contributed by atoms with Gasteiger partial charge in [-0.3, -0.25) is 14.6 Å². The highest BCUT2D eigenvalue weighted by Gasteiger charge is 2.21. The molecule has 19 heavy (non-hydrogen) atoms. The molecule has 0 atom stereocenters. The first-order valence-electron chi connectivity index (χ1n) is 5.89. The molecule has 3 N–H and O–H groups in total. The highest BCUT2D eigenvalue weighted by atomic mass is 35.5. The van der Waals surface area contributed by atoms with E-state index in [1.807, 2.05) is 19.2 Å². The van der Waals surface area contributed by atoms with Crippen LogP contribution in [0.5, 0.6) is 0 Å². The molecular weight excluding hydrogens is 268 g/mol. The van der Waals surface area contributed by atoms with Crippen molar-refractivity contribution in [2.24, 2.45) is 0 Å². The number of amides is 1. The van der Waals surface area contributed by atoms with E-state index in [1.165, 1.54) is 0 Å². The Labute approximate surface area is 115 Å². The molecule has 0 aliphatic rings. The van der Waals surface area contributed by atoms with Crippen molar-refractivity contribution in [3.8, 4) is 0 Å². The molecule has 0 spiro atoms. The summed E-state index contributed by atoms with van der Waals surface area (Å²) in [5.74, 6) is -0.0861. The van der Waals surface area contributed by atoms with Crippen LogP contribution in [0.3, 0.4) is 0 Å². The lowest BCUT2D eigenvalue weighted by molar-refractivity contribution is 0.0751. The number of hydrogen-bond donors (Lipinski definition) is 2. The number of nitrogens with two attached hydrogens (primary N) is 1. The maximum Gasteiger partial charge on any atom is 0.273 e. The number of hydrogen-bond acceptors (Lipinski definition) is 4. The average Bonchev–Trinajstić information content (AvgIpc) is 3.02. The van der Waals surface area contributed by atoms with Gasteiger partial charge in [-0.2, -0.15) is 10.2 Å². The summed E-state index contributed by atoms with van der Waals surface area (Å²) in [5, 5.41) is 10.5. The van der Waals surface area contributed by atoms with Crippen molar-refractivity contribution < 1.29 is 4.79 Å². The summed E-state index contributed by atoms with van der Waals surface area (Å²) < 4.78 is 1.76. The van der Waals surface area contributed by atoms with Crippen molar-refractivity contribution in [2.45, 2.75) is 13.5 Å². The molecule has 2 aromatic rings. The minimum atomic E-state index is -0.219. The van der Waals surface area contributed by atoms with Crippen LogP contribution in [0, 0.1) is 0 Å². The van der Waals surface area contributed by atoms with Crippen LogP contribution in [-0.2, 0) is 6.54 Å². The molecule has 0 unspecified atom stereocenters. The van der Waals surface area contributed by atoms with E-state index in [-0.39, 0.29) is 22.4 Å². The zero-order valence-electron chi connectivity index (χ0n) is 10.5. The van der Waals surface area contributed by atoms with E-state index in [9.17, 15) is 4.79 Å². The number of aromatic nitrogens is 4. The van der Waals surface area contributed by atoms with Crippen LogP contribution >= 0.6 is 11.6 Å². The quantitative estimate of drug-likeness (QED) is 0.856. The molecule has 0 fully saturated rings. The van der Waals surface area contributed by atoms with E-state index < -0.39 is 0 Å². The minimum absolute atomic E-state index is 0.133. The lowest BCUT2D eigenvalue weighted by atomic mass is 10.3. The fraction of sp³-hybridized carbons (Fsp3) is 0.364. The minimum Gasteiger partial charge on any atom is -0.381 e. The third-order valence-electron chi connectivity index (χ3n) is 2.77. The second-order valence-corrected chi connectivity index (χ2v) is 4.33. The monoisotopic (exact) mass is 282 g/mol. The zero-order valence-corrected chi connectivity index (χ0v) is 11.3. The van der Waals surface area contributed by atoms with Crippen LogP contribution in [0.15, 0.2) is 18.5 Å². The number of carbonyl (C=O) groups excluding carboxylic acids is 1. The van der Waals surface area contributed by atoms with Crippen LogP contribution in [0.25, 0.3) is 0 Å². The number of nitrogens with one attached hydrogen (secondary N) is 1. The van der Waals surface area contributed by atoms with Crippen molar-refractivity contribution in [3.05, 3.63) is 29.2 Å². The maximum absolute atomic E-state index is 12.3. The third-order valence-corrected chi connectivity index (χ3v) is 3.16. The number of halogens is 1. The van der Waals surface area contributed by atoms with Gasteiger partial charge in [0.25, 0.3) is 5.91 Å². The van der Waals surface area contributed by atoms with Crippen molar-refractivity contribution in [1.82, 2.24) is 24.9 Å². The van der Waals surface area contributed by atoms with Gasteiger partial charge in [0.15, 0.2) is 5.82 Å². The van der Waals surface area contributed by atoms with Crippen molar-refractivity contribution in [1.29, 1.82) is 0 Å². The molecule has 2 aromatic heterocycles. The van der Waals surface area contributed by atoms with E-state index in [4.69, 9.17) is 17.3 Å². The summed E-state index contributed by atoms with van der Waals surface area (Å²) in [7, 11) is 0. The average molecular weight is 283 g/mol. The molecule has 8 heteroatoms. The normalized spacial score (nSPS) is 10.6. The number of nitrogens with zero attached hydrogens (tertiary/aromatic N) is 4. The summed E-state index contributed by atoms with van der Waals surface area (Å²) >= 11 is 5.92. The number of likely N-dealkylation sites (N-methyl/N-ethyl adjacent to an activating group) is 1. The Balaban J connectivity index is 2.05. The Hall–Kier alpha value is -2.02. The number of rotatable bonds is 5. The smallest absolute Gasteiger partial charge is 0.273 e. The molecule has 0 radical (unpaired) electrons. The molecule has 102 valence electrons. The van der Waals surface area contributed by atoms with Crippen LogP contribution in [0.1, 0.15) is 17.4 Å². The Morgan fingerprint density at radius 2 is 2.42 bits per heavy atom. The van der Waals surface area contributed by atoms with E-state index in [2.05, 4.69) is 15.3 Å². The summed E-state index contributed by atoms with van der Waals surface area (Å²) in [4.78, 5) is 13.9. The van der Waals surface area contributed by atoms with E-state index >= 15 is 0 Å². The number of H-pyrrole nitrogens is 1. The van der Waals surface area contributed by atoms with Gasteiger partial charge in [0.05, 0.1) is 6.54 Å². The van der Waals surface area contributed by atoms with Gasteiger partial charge < -0.3 is 10.6 Å². The maximum atomic E-state index is 12.3. The Morgan fingerprint density at radius 3 is 2.95 bits per heavy atom. The number of aromatic amines is 1. The molecular formula is C11H15ClN6O. The fourth-order valence-electron chi connectivity index (χ4n) is 1.70. The lowest BCUT2D eigenvalue weighted by Crippen LogP contribution is -2.34. The number of anilines is 1. The van der Waals surface area contributed by atoms with Crippen LogP contribution in [0.2, 0.25) is 5.02 Å². The predicted octanol–water partition coefficient (Wildman–Crippen LogP) is 1.00. The van der Waals surface area contributed by atoms with E-state index in [0.29, 0.717) is 19.6 Å². The molecule has 2 rings (SSSR count). The Morgan fingerprint density at radius 1 is 1.63 bits per heavy atom. The molecule has 0 saturated heterocycles. The first kappa shape index (κ1) is 13.4. The number of nitrogen functional groups attached to an aromatic ring is 1. The summed E-state index contributed by atoms with van der Waals surface area (Å²) in [6, 6.07) is 1.84. The Kier molecular flexibility index (Phi) is 4.06. The van der Waals surface area contributed by atoms with Crippen molar-refractivity contribution >= 4 is 23.3 Å². The van der Waals surface area contributed by atoms with Gasteiger partial charge >= 0.3 is 0 Å². The van der Waals surface area contributed by atoms with Gasteiger partial charge in [0.1, 0.15) is 10.7 Å². The molecule has 0 aliphatic carbocycles. The first-order chi connectivity index (χ1) is 9.13. The fourth-order valence-corrected chi connectivity index (χ4v) is 1.87. The standard InChI is InChI=1S/C11H15ClN6O/c1-2-17(6-7-18-5-3-4-14-18)11(19)9-8(12)10(13)16-15-9/h3-5H,2,6-7H2,1H3,(H3,13,15,16). The van der Waals surface area contributed by atoms with Crippen molar-refractivity contribution in [3.63, 3.8) is 0 Å². The molecule has 0 bridgehead atoms. The third kappa shape index (κ3) is 2.87. The number of carbonyl (C=O) groups is 1. The molecule has 0 saturated carbocycles. The summed E-state index contributed by atoms with van der Waals surface area (Å²) in [5.41, 5.74) is 5.74. The predicted molar refractivity (Wildman–Crippen MR) is 71.8 cm³/mol. The largest absolute Gasteiger partial charge is 0.381 e. The van der Waals surface area contributed by atoms with Crippen LogP contribution < -0.4 is 5.73 Å². The molecule has 0 aromatic carbocycles. The van der Waals surface area contributed by atoms with Crippen LogP contribution in [-0.4, -0.2) is 43.9 Å². The molecule has 2 heterocycles. The van der Waals surface area contributed by atoms with E-state index in [0.717, 1.165) is 0 Å². The van der Waals surface area contributed by atoms with Crippen LogP contribution in [0.4, 0.5) is 5.82 Å². The zero-order chi connectivity index (χ0) is 13.8. The molecule has 0 aliphatic heterocycles. The first-order valence-corrected chi connectivity index (χ1v) is 6.27. The van der Waals surface area contributed by atoms with Gasteiger partial charge in [-0.25, -0.2) is 0 Å². The highest BCUT2D eigenvalue weighted by molar-refractivity contribution is 6.35. The van der Waals surface area contributed by atoms with E-state index in [1.54, 1.807) is 15.8 Å². The van der Waals surface area contributed by atoms with Gasteiger partial charge in [0, 0.05) is 25.5 Å². The van der Waals surface area contributed by atoms with Gasteiger partial charge in [-0.05, 0) is 13.0 Å². The van der Waals surface area contributed by atoms with Gasteiger partial charge in [0.2, 0.25) is 0 Å².